The van der Waals surface area contributed by atoms with Gasteiger partial charge in [-0.25, -0.2) is 0 Å². The Labute approximate surface area is 276 Å². The minimum absolute atomic E-state index is 0.289. The molecule has 2 aromatic carbocycles. The summed E-state index contributed by atoms with van der Waals surface area (Å²) in [5.41, 5.74) is 0. The molecule has 0 spiro atoms. The quantitative estimate of drug-likeness (QED) is 0.221. The second-order valence-corrected chi connectivity index (χ2v) is 14.6. The number of unbranched alkanes of at least 4 members (excludes halogenated alkanes) is 1. The van der Waals surface area contributed by atoms with E-state index < -0.39 is 0 Å². The van der Waals surface area contributed by atoms with Gasteiger partial charge in [-0.2, -0.15) is 0 Å². The average Bonchev–Trinajstić information content (AvgIpc) is 2.72. The monoisotopic (exact) mass is 1110 g/mol. The highest BCUT2D eigenvalue weighted by molar-refractivity contribution is 14.1. The van der Waals surface area contributed by atoms with Crippen molar-refractivity contribution in [3.05, 3.63) is 45.7 Å². The van der Waals surface area contributed by atoms with Crippen LogP contribution in [0.4, 0.5) is 0 Å². The molecule has 0 N–H and O–H groups in total. The summed E-state index contributed by atoms with van der Waals surface area (Å²) < 4.78 is 19.3. The van der Waals surface area contributed by atoms with Gasteiger partial charge in [0.25, 0.3) is 0 Å². The number of ether oxygens (including phenoxy) is 2. The van der Waals surface area contributed by atoms with Gasteiger partial charge in [-0.3, -0.25) is 0 Å². The summed E-state index contributed by atoms with van der Waals surface area (Å²) in [4.78, 5) is 0. The van der Waals surface area contributed by atoms with E-state index in [4.69, 9.17) is 9.47 Å². The Morgan fingerprint density at radius 3 is 1.59 bits per heavy atom. The smallest absolute Gasteiger partial charge is 0.146 e. The summed E-state index contributed by atoms with van der Waals surface area (Å²) in [6.07, 6.45) is 6.40. The maximum atomic E-state index is 6.05. The first kappa shape index (κ1) is 32.4. The summed E-state index contributed by atoms with van der Waals surface area (Å²) in [6, 6.07) is 8.62. The molecule has 0 heterocycles. The minimum atomic E-state index is 0.289. The van der Waals surface area contributed by atoms with Crippen LogP contribution in [0.1, 0.15) is 59.8 Å². The van der Waals surface area contributed by atoms with Crippen LogP contribution in [0.5, 0.6) is 11.5 Å². The molecule has 2 rings (SSSR count). The van der Waals surface area contributed by atoms with Crippen LogP contribution in [0.2, 0.25) is 0 Å². The van der Waals surface area contributed by atoms with Crippen LogP contribution < -0.4 is 9.47 Å². The molecule has 0 aliphatic rings. The number of hydrogen-bond acceptors (Lipinski definition) is 2. The van der Waals surface area contributed by atoms with E-state index in [0.717, 1.165) is 24.5 Å². The molecule has 0 aliphatic carbocycles. The molecule has 0 fully saturated rings. The molecule has 32 heavy (non-hydrogen) atoms. The molecule has 0 aliphatic heterocycles. The maximum absolute atomic E-state index is 6.05. The van der Waals surface area contributed by atoms with E-state index in [-0.39, 0.29) is 6.10 Å². The Morgan fingerprint density at radius 2 is 1.19 bits per heavy atom. The fourth-order valence-corrected chi connectivity index (χ4v) is 10.4. The van der Waals surface area contributed by atoms with Gasteiger partial charge in [-0.15, -0.1) is 0 Å². The number of rotatable bonds is 10. The van der Waals surface area contributed by atoms with Crippen molar-refractivity contribution in [2.75, 3.05) is 6.61 Å². The SMILES string of the molecule is CCC(C)Oc1c(I)cc(I)cc1I.CCCCC(CC)COc1c(I)cc(I)cc1I. The lowest BCUT2D eigenvalue weighted by Gasteiger charge is -2.17. The molecule has 2 unspecified atom stereocenters. The van der Waals surface area contributed by atoms with E-state index in [1.807, 2.05) is 0 Å². The van der Waals surface area contributed by atoms with Crippen LogP contribution in [-0.4, -0.2) is 12.7 Å². The van der Waals surface area contributed by atoms with Crippen molar-refractivity contribution in [1.82, 2.24) is 0 Å². The zero-order chi connectivity index (χ0) is 24.3. The van der Waals surface area contributed by atoms with Gasteiger partial charge >= 0.3 is 0 Å². The number of halogens is 6. The molecular weight excluding hydrogens is 1080 g/mol. The van der Waals surface area contributed by atoms with Crippen molar-refractivity contribution in [3.8, 4) is 11.5 Å². The van der Waals surface area contributed by atoms with Crippen LogP contribution >= 0.6 is 136 Å². The van der Waals surface area contributed by atoms with E-state index in [2.05, 4.69) is 188 Å². The molecule has 2 aromatic rings. The summed E-state index contributed by atoms with van der Waals surface area (Å²) in [6.45, 7) is 9.59. The average molecular weight is 1110 g/mol. The van der Waals surface area contributed by atoms with Crippen LogP contribution in [0.15, 0.2) is 24.3 Å². The fraction of sp³-hybridized carbons (Fsp3) is 0.500. The van der Waals surface area contributed by atoms with E-state index in [0.29, 0.717) is 5.92 Å². The first-order valence-corrected chi connectivity index (χ1v) is 17.2. The van der Waals surface area contributed by atoms with Gasteiger partial charge in [0.05, 0.1) is 27.0 Å². The van der Waals surface area contributed by atoms with Crippen molar-refractivity contribution in [2.24, 2.45) is 5.92 Å². The molecule has 2 atom stereocenters. The van der Waals surface area contributed by atoms with Crippen molar-refractivity contribution in [1.29, 1.82) is 0 Å². The number of hydrogen-bond donors (Lipinski definition) is 0. The fourth-order valence-electron chi connectivity index (χ4n) is 2.69. The Bertz CT molecular complexity index is 797. The summed E-state index contributed by atoms with van der Waals surface area (Å²) in [5.74, 6) is 2.78. The standard InChI is InChI=1S/C14H19I3O.C10H11I3O/c1-3-5-6-10(4-2)9-18-14-12(16)7-11(15)8-13(14)17;1-3-6(2)14-10-8(12)4-7(11)5-9(10)13/h7-8,10H,3-6,9H2,1-2H3;4-6H,3H2,1-2H3. The third-order valence-electron chi connectivity index (χ3n) is 4.83. The van der Waals surface area contributed by atoms with Crippen LogP contribution in [0.25, 0.3) is 0 Å². The molecule has 180 valence electrons. The molecule has 0 saturated heterocycles. The molecular formula is C24H30I6O2. The van der Waals surface area contributed by atoms with Crippen LogP contribution in [-0.2, 0) is 0 Å². The van der Waals surface area contributed by atoms with Crippen LogP contribution in [0, 0.1) is 27.3 Å². The topological polar surface area (TPSA) is 18.5 Å². The van der Waals surface area contributed by atoms with E-state index in [1.165, 1.54) is 47.1 Å². The first-order valence-electron chi connectivity index (χ1n) is 10.7. The highest BCUT2D eigenvalue weighted by atomic mass is 127. The van der Waals surface area contributed by atoms with Crippen LogP contribution in [0.3, 0.4) is 0 Å². The Balaban J connectivity index is 0.000000330. The van der Waals surface area contributed by atoms with Gasteiger partial charge in [0, 0.05) is 7.14 Å². The van der Waals surface area contributed by atoms with Gasteiger partial charge in [-0.1, -0.05) is 40.0 Å². The zero-order valence-electron chi connectivity index (χ0n) is 18.8. The Kier molecular flexibility index (Phi) is 18.1. The van der Waals surface area contributed by atoms with E-state index in [1.54, 1.807) is 0 Å². The highest BCUT2D eigenvalue weighted by Gasteiger charge is 2.12. The van der Waals surface area contributed by atoms with Gasteiger partial charge in [0.1, 0.15) is 11.5 Å². The lowest BCUT2D eigenvalue weighted by molar-refractivity contribution is 0.214. The van der Waals surface area contributed by atoms with Gasteiger partial charge in [0.2, 0.25) is 0 Å². The third-order valence-corrected chi connectivity index (χ3v) is 9.28. The molecule has 0 amide bonds. The summed E-state index contributed by atoms with van der Waals surface area (Å²) >= 11 is 14.1. The highest BCUT2D eigenvalue weighted by Crippen LogP contribution is 2.31. The van der Waals surface area contributed by atoms with Crippen molar-refractivity contribution in [2.45, 2.75) is 65.9 Å². The second kappa shape index (κ2) is 17.8. The summed E-state index contributed by atoms with van der Waals surface area (Å²) in [5, 5.41) is 0. The Hall–Kier alpha value is 2.42. The van der Waals surface area contributed by atoms with Crippen molar-refractivity contribution >= 4 is 136 Å². The van der Waals surface area contributed by atoms with Gasteiger partial charge in [-0.05, 0) is 185 Å². The molecule has 2 nitrogen and oxygen atoms in total. The lowest BCUT2D eigenvalue weighted by atomic mass is 10.0. The van der Waals surface area contributed by atoms with Gasteiger partial charge < -0.3 is 9.47 Å². The predicted octanol–water partition coefficient (Wildman–Crippen LogP) is 10.8. The second-order valence-electron chi connectivity index (χ2n) is 7.46. The normalized spacial score (nSPS) is 12.6. The zero-order valence-corrected chi connectivity index (χ0v) is 31.7. The minimum Gasteiger partial charge on any atom is -0.491 e. The molecule has 0 aromatic heterocycles. The maximum Gasteiger partial charge on any atom is 0.146 e. The molecule has 0 radical (unpaired) electrons. The van der Waals surface area contributed by atoms with E-state index in [9.17, 15) is 0 Å². The Morgan fingerprint density at radius 1 is 0.719 bits per heavy atom. The number of benzene rings is 2. The van der Waals surface area contributed by atoms with Crippen molar-refractivity contribution < 1.29 is 9.47 Å². The first-order chi connectivity index (χ1) is 15.1. The lowest BCUT2D eigenvalue weighted by Crippen LogP contribution is -2.12. The molecule has 0 saturated carbocycles. The van der Waals surface area contributed by atoms with Crippen molar-refractivity contribution in [3.63, 3.8) is 0 Å². The van der Waals surface area contributed by atoms with E-state index >= 15 is 0 Å². The predicted molar refractivity (Wildman–Crippen MR) is 188 cm³/mol. The molecule has 8 heteroatoms. The summed E-state index contributed by atoms with van der Waals surface area (Å²) in [7, 11) is 0. The van der Waals surface area contributed by atoms with Gasteiger partial charge in [0.15, 0.2) is 0 Å². The third kappa shape index (κ3) is 12.1. The largest absolute Gasteiger partial charge is 0.491 e. The molecule has 0 bridgehead atoms.